The molecule has 0 atom stereocenters. The zero-order chi connectivity index (χ0) is 46.8. The van der Waals surface area contributed by atoms with Gasteiger partial charge in [0.15, 0.2) is 0 Å². The summed E-state index contributed by atoms with van der Waals surface area (Å²) in [6, 6.07) is 92.1. The minimum atomic E-state index is -0.145. The summed E-state index contributed by atoms with van der Waals surface area (Å²) in [6.07, 6.45) is 0. The Morgan fingerprint density at radius 3 is 1.31 bits per heavy atom. The number of hydrogen-bond acceptors (Lipinski definition) is 3. The average molecular weight is 897 g/mol. The fraction of sp³-hybridized carbons (Fsp3) is 0.0448. The summed E-state index contributed by atoms with van der Waals surface area (Å²) in [5, 5.41) is 2.23. The molecule has 70 heavy (non-hydrogen) atoms. The van der Waals surface area contributed by atoms with Crippen LogP contribution in [0.25, 0.3) is 66.4 Å². The Morgan fingerprint density at radius 1 is 0.300 bits per heavy atom. The molecule has 332 valence electrons. The van der Waals surface area contributed by atoms with Gasteiger partial charge in [0.1, 0.15) is 11.5 Å². The van der Waals surface area contributed by atoms with E-state index >= 15 is 0 Å². The average Bonchev–Trinajstić information content (AvgIpc) is 3.65. The van der Waals surface area contributed by atoms with Crippen molar-refractivity contribution in [2.24, 2.45) is 0 Å². The highest BCUT2D eigenvalue weighted by atomic mass is 16.5. The molecule has 1 aliphatic heterocycles. The molecule has 0 aromatic heterocycles. The summed E-state index contributed by atoms with van der Waals surface area (Å²) in [7, 11) is 0. The Kier molecular flexibility index (Phi) is 9.85. The number of hydrogen-bond donors (Lipinski definition) is 0. The lowest BCUT2D eigenvalue weighted by atomic mass is 9.82. The van der Waals surface area contributed by atoms with Crippen molar-refractivity contribution in [3.05, 3.63) is 266 Å². The first-order valence-electron chi connectivity index (χ1n) is 24.2. The molecular formula is C67H48N2O. The van der Waals surface area contributed by atoms with Gasteiger partial charge < -0.3 is 14.5 Å². The van der Waals surface area contributed by atoms with Gasteiger partial charge in [0.25, 0.3) is 0 Å². The predicted octanol–water partition coefficient (Wildman–Crippen LogP) is 18.9. The van der Waals surface area contributed by atoms with Gasteiger partial charge >= 0.3 is 0 Å². The van der Waals surface area contributed by atoms with Gasteiger partial charge in [-0.25, -0.2) is 0 Å². The summed E-state index contributed by atoms with van der Waals surface area (Å²) >= 11 is 0. The summed E-state index contributed by atoms with van der Waals surface area (Å²) in [5.41, 5.74) is 20.9. The van der Waals surface area contributed by atoms with Crippen LogP contribution in [-0.4, -0.2) is 0 Å². The molecule has 3 nitrogen and oxygen atoms in total. The molecule has 0 saturated carbocycles. The van der Waals surface area contributed by atoms with E-state index in [1.165, 1.54) is 55.6 Å². The van der Waals surface area contributed by atoms with E-state index in [0.717, 1.165) is 67.5 Å². The van der Waals surface area contributed by atoms with Crippen molar-refractivity contribution in [2.75, 3.05) is 9.80 Å². The Labute approximate surface area is 409 Å². The Bertz CT molecular complexity index is 3650. The molecule has 0 unspecified atom stereocenters. The van der Waals surface area contributed by atoms with Crippen molar-refractivity contribution in [3.63, 3.8) is 0 Å². The quantitative estimate of drug-likeness (QED) is 0.144. The van der Waals surface area contributed by atoms with Crippen LogP contribution in [0.2, 0.25) is 0 Å². The number of ether oxygens (including phenoxy) is 1. The van der Waals surface area contributed by atoms with Crippen LogP contribution >= 0.6 is 0 Å². The van der Waals surface area contributed by atoms with E-state index in [1.54, 1.807) is 0 Å². The van der Waals surface area contributed by atoms with Gasteiger partial charge in [0, 0.05) is 56.3 Å². The molecule has 0 N–H and O–H groups in total. The fourth-order valence-electron chi connectivity index (χ4n) is 10.9. The lowest BCUT2D eigenvalue weighted by molar-refractivity contribution is 0.487. The number of benzene rings is 11. The predicted molar refractivity (Wildman–Crippen MR) is 293 cm³/mol. The molecule has 0 amide bonds. The maximum atomic E-state index is 7.06. The summed E-state index contributed by atoms with van der Waals surface area (Å²) in [6.45, 7) is 4.71. The van der Waals surface area contributed by atoms with Crippen LogP contribution in [0.5, 0.6) is 11.5 Å². The molecule has 0 fully saturated rings. The van der Waals surface area contributed by atoms with Crippen LogP contribution in [0.1, 0.15) is 25.0 Å². The highest BCUT2D eigenvalue weighted by Gasteiger charge is 2.36. The van der Waals surface area contributed by atoms with E-state index in [0.29, 0.717) is 0 Å². The summed E-state index contributed by atoms with van der Waals surface area (Å²) in [4.78, 5) is 4.75. The summed E-state index contributed by atoms with van der Waals surface area (Å²) < 4.78 is 7.06. The van der Waals surface area contributed by atoms with Gasteiger partial charge in [-0.3, -0.25) is 0 Å². The van der Waals surface area contributed by atoms with Crippen molar-refractivity contribution >= 4 is 44.9 Å². The van der Waals surface area contributed by atoms with Gasteiger partial charge in [0.05, 0.1) is 5.69 Å². The van der Waals surface area contributed by atoms with Gasteiger partial charge in [-0.15, -0.1) is 0 Å². The SMILES string of the molecule is CC1(C)c2ccccc2-c2ccc(N(c3ccc(-c4ccccc4)cc3)c3ccc4c5c(cccc35)-c3ccc(N(c5ccc(-c6ccccc6)cc5)c5ccc(-c6ccccc6)cc5)cc3O4)cc21. The van der Waals surface area contributed by atoms with Crippen molar-refractivity contribution in [1.82, 2.24) is 0 Å². The van der Waals surface area contributed by atoms with Crippen LogP contribution in [0.4, 0.5) is 34.1 Å². The van der Waals surface area contributed by atoms with E-state index in [9.17, 15) is 0 Å². The third-order valence-corrected chi connectivity index (χ3v) is 14.5. The molecule has 11 aromatic carbocycles. The Hall–Kier alpha value is -8.92. The van der Waals surface area contributed by atoms with Crippen LogP contribution in [0, 0.1) is 0 Å². The van der Waals surface area contributed by atoms with Gasteiger partial charge in [-0.2, -0.15) is 0 Å². The van der Waals surface area contributed by atoms with E-state index in [-0.39, 0.29) is 5.41 Å². The van der Waals surface area contributed by atoms with Crippen molar-refractivity contribution < 1.29 is 4.74 Å². The summed E-state index contributed by atoms with van der Waals surface area (Å²) in [5.74, 6) is 1.67. The van der Waals surface area contributed by atoms with Crippen molar-refractivity contribution in [2.45, 2.75) is 19.3 Å². The van der Waals surface area contributed by atoms with E-state index in [1.807, 2.05) is 0 Å². The molecule has 3 heteroatoms. The molecule has 1 aliphatic carbocycles. The second-order valence-corrected chi connectivity index (χ2v) is 18.9. The molecular weight excluding hydrogens is 849 g/mol. The lowest BCUT2D eigenvalue weighted by Crippen LogP contribution is -2.16. The zero-order valence-electron chi connectivity index (χ0n) is 39.1. The molecule has 0 radical (unpaired) electrons. The number of rotatable bonds is 9. The first-order chi connectivity index (χ1) is 34.5. The number of anilines is 6. The van der Waals surface area contributed by atoms with Crippen molar-refractivity contribution in [3.8, 4) is 67.1 Å². The standard InChI is InChI=1S/C67H48N2O/c1-67(2)61-24-13-12-21-56(61)57-39-37-54(43-62(57)67)69(53-35-29-50(30-36-53)47-19-10-5-11-20-47)63-41-42-64-66-59(22-14-23-60(63)66)58-40-38-55(44-65(58)70-64)68(51-31-25-48(26-32-51)45-15-6-3-7-16-45)52-33-27-49(28-34-52)46-17-8-4-9-18-46/h3-44H,1-2H3. The Balaban J connectivity index is 0.921. The van der Waals surface area contributed by atoms with Crippen LogP contribution in [0.15, 0.2) is 255 Å². The monoisotopic (exact) mass is 896 g/mol. The highest BCUT2D eigenvalue weighted by molar-refractivity contribution is 6.11. The second-order valence-electron chi connectivity index (χ2n) is 18.9. The maximum absolute atomic E-state index is 7.06. The maximum Gasteiger partial charge on any atom is 0.137 e. The molecule has 0 bridgehead atoms. The van der Waals surface area contributed by atoms with E-state index < -0.39 is 0 Å². The third-order valence-electron chi connectivity index (χ3n) is 14.5. The number of fused-ring (bicyclic) bond motifs is 5. The largest absolute Gasteiger partial charge is 0.456 e. The van der Waals surface area contributed by atoms with Crippen LogP contribution in [-0.2, 0) is 5.41 Å². The zero-order valence-corrected chi connectivity index (χ0v) is 39.1. The first kappa shape index (κ1) is 41.3. The minimum Gasteiger partial charge on any atom is -0.456 e. The van der Waals surface area contributed by atoms with Gasteiger partial charge in [0.2, 0.25) is 0 Å². The highest BCUT2D eigenvalue weighted by Crippen LogP contribution is 2.54. The number of nitrogens with zero attached hydrogens (tertiary/aromatic N) is 2. The fourth-order valence-corrected chi connectivity index (χ4v) is 10.9. The molecule has 1 heterocycles. The van der Waals surface area contributed by atoms with E-state index in [2.05, 4.69) is 278 Å². The van der Waals surface area contributed by atoms with Gasteiger partial charge in [-0.05, 0) is 134 Å². The van der Waals surface area contributed by atoms with Crippen molar-refractivity contribution in [1.29, 1.82) is 0 Å². The van der Waals surface area contributed by atoms with Crippen LogP contribution in [0.3, 0.4) is 0 Å². The first-order valence-corrected chi connectivity index (χ1v) is 24.2. The topological polar surface area (TPSA) is 15.7 Å². The van der Waals surface area contributed by atoms with E-state index in [4.69, 9.17) is 4.74 Å². The molecule has 0 saturated heterocycles. The smallest absolute Gasteiger partial charge is 0.137 e. The molecule has 13 rings (SSSR count). The lowest BCUT2D eigenvalue weighted by Gasteiger charge is -2.31. The minimum absolute atomic E-state index is 0.145. The van der Waals surface area contributed by atoms with Crippen LogP contribution < -0.4 is 14.5 Å². The third kappa shape index (κ3) is 6.97. The van der Waals surface area contributed by atoms with Gasteiger partial charge in [-0.1, -0.05) is 190 Å². The molecule has 11 aromatic rings. The second kappa shape index (κ2) is 16.7. The Morgan fingerprint density at radius 2 is 0.743 bits per heavy atom. The molecule has 2 aliphatic rings. The normalized spacial score (nSPS) is 12.7. The molecule has 0 spiro atoms.